The molecule has 2 nitrogen and oxygen atoms in total. The number of nitrogens with zero attached hydrogens (tertiary/aromatic N) is 1. The summed E-state index contributed by atoms with van der Waals surface area (Å²) in [4.78, 5) is 2.53. The lowest BCUT2D eigenvalue weighted by atomic mass is 9.97. The van der Waals surface area contributed by atoms with E-state index in [1.54, 1.807) is 0 Å². The molecule has 0 unspecified atom stereocenters. The number of nitrogens with one attached hydrogen (secondary N) is 1. The van der Waals surface area contributed by atoms with Crippen molar-refractivity contribution in [3.8, 4) is 0 Å². The normalized spacial score (nSPS) is 19.1. The van der Waals surface area contributed by atoms with Gasteiger partial charge in [-0.05, 0) is 31.3 Å². The Labute approximate surface area is 93.0 Å². The van der Waals surface area contributed by atoms with Crippen molar-refractivity contribution in [3.05, 3.63) is 0 Å². The van der Waals surface area contributed by atoms with Crippen molar-refractivity contribution in [1.82, 2.24) is 10.2 Å². The summed E-state index contributed by atoms with van der Waals surface area (Å²) in [7, 11) is 0. The second-order valence-electron chi connectivity index (χ2n) is 5.02. The summed E-state index contributed by atoms with van der Waals surface area (Å²) in [6.07, 6.45) is 2.76. The highest BCUT2D eigenvalue weighted by Crippen LogP contribution is 2.14. The van der Waals surface area contributed by atoms with E-state index in [0.29, 0.717) is 0 Å². The smallest absolute Gasteiger partial charge is 0.0286 e. The number of hydrogen-bond donors (Lipinski definition) is 1. The molecule has 1 aliphatic rings. The van der Waals surface area contributed by atoms with Crippen LogP contribution >= 0.6 is 11.6 Å². The first-order valence-electron chi connectivity index (χ1n) is 5.63. The van der Waals surface area contributed by atoms with Gasteiger partial charge in [0.25, 0.3) is 0 Å². The maximum Gasteiger partial charge on any atom is 0.0286 e. The van der Waals surface area contributed by atoms with E-state index in [1.165, 1.54) is 32.5 Å². The van der Waals surface area contributed by atoms with Crippen LogP contribution in [0.15, 0.2) is 0 Å². The molecule has 0 amide bonds. The molecule has 0 radical (unpaired) electrons. The van der Waals surface area contributed by atoms with Gasteiger partial charge >= 0.3 is 0 Å². The molecule has 0 aromatic heterocycles. The molecule has 1 heterocycles. The topological polar surface area (TPSA) is 15.3 Å². The summed E-state index contributed by atoms with van der Waals surface area (Å²) in [6.45, 7) is 10.3. The number of halogens is 1. The fraction of sp³-hybridized carbons (Fsp3) is 1.00. The molecule has 0 aliphatic carbocycles. The van der Waals surface area contributed by atoms with Crippen molar-refractivity contribution in [2.75, 3.05) is 38.6 Å². The van der Waals surface area contributed by atoms with Crippen LogP contribution < -0.4 is 5.32 Å². The zero-order valence-corrected chi connectivity index (χ0v) is 10.2. The summed E-state index contributed by atoms with van der Waals surface area (Å²) < 4.78 is 0. The van der Waals surface area contributed by atoms with Gasteiger partial charge in [-0.3, -0.25) is 0 Å². The molecule has 0 aromatic carbocycles. The van der Waals surface area contributed by atoms with Gasteiger partial charge < -0.3 is 10.2 Å². The summed E-state index contributed by atoms with van der Waals surface area (Å²) in [6, 6.07) is 0. The van der Waals surface area contributed by atoms with Gasteiger partial charge in [-0.15, -0.1) is 11.6 Å². The van der Waals surface area contributed by atoms with E-state index in [-0.39, 0.29) is 5.41 Å². The quantitative estimate of drug-likeness (QED) is 0.542. The van der Waals surface area contributed by atoms with Gasteiger partial charge in [0.1, 0.15) is 0 Å². The van der Waals surface area contributed by atoms with Gasteiger partial charge in [0.15, 0.2) is 0 Å². The minimum Gasteiger partial charge on any atom is -0.315 e. The summed E-state index contributed by atoms with van der Waals surface area (Å²) in [5.74, 6) is 0.726. The van der Waals surface area contributed by atoms with Crippen LogP contribution in [0.1, 0.15) is 26.7 Å². The molecular weight excluding hydrogens is 196 g/mol. The van der Waals surface area contributed by atoms with E-state index in [4.69, 9.17) is 11.6 Å². The average Bonchev–Trinajstić information content (AvgIpc) is 2.65. The second-order valence-corrected chi connectivity index (χ2v) is 5.29. The monoisotopic (exact) mass is 218 g/mol. The molecule has 1 rings (SSSR count). The van der Waals surface area contributed by atoms with Crippen LogP contribution in [0.3, 0.4) is 0 Å². The van der Waals surface area contributed by atoms with Crippen LogP contribution in [0.25, 0.3) is 0 Å². The molecule has 0 aromatic rings. The summed E-state index contributed by atoms with van der Waals surface area (Å²) >= 11 is 5.85. The third kappa shape index (κ3) is 4.63. The second kappa shape index (κ2) is 5.94. The third-order valence-corrected chi connectivity index (χ3v) is 3.49. The Bertz CT molecular complexity index is 153. The van der Waals surface area contributed by atoms with Gasteiger partial charge in [0.05, 0.1) is 0 Å². The zero-order chi connectivity index (χ0) is 10.4. The Morgan fingerprint density at radius 2 is 1.93 bits per heavy atom. The van der Waals surface area contributed by atoms with Crippen molar-refractivity contribution in [3.63, 3.8) is 0 Å². The molecule has 0 saturated carbocycles. The highest BCUT2D eigenvalue weighted by atomic mass is 35.5. The Hall–Kier alpha value is 0.210. The lowest BCUT2D eigenvalue weighted by Crippen LogP contribution is -2.36. The Morgan fingerprint density at radius 1 is 1.29 bits per heavy atom. The first-order valence-corrected chi connectivity index (χ1v) is 6.16. The minimum absolute atomic E-state index is 0.229. The zero-order valence-electron chi connectivity index (χ0n) is 9.48. The molecule has 14 heavy (non-hydrogen) atoms. The SMILES string of the molecule is CC(C)(CCl)CNCCN1CCCC1. The molecule has 1 saturated heterocycles. The molecule has 0 bridgehead atoms. The maximum atomic E-state index is 5.85. The fourth-order valence-corrected chi connectivity index (χ4v) is 1.81. The number of alkyl halides is 1. The highest BCUT2D eigenvalue weighted by molar-refractivity contribution is 6.18. The summed E-state index contributed by atoms with van der Waals surface area (Å²) in [5.41, 5.74) is 0.229. The first kappa shape index (κ1) is 12.3. The van der Waals surface area contributed by atoms with Gasteiger partial charge in [-0.2, -0.15) is 0 Å². The lowest BCUT2D eigenvalue weighted by molar-refractivity contribution is 0.317. The van der Waals surface area contributed by atoms with Crippen LogP contribution in [-0.4, -0.2) is 43.5 Å². The fourth-order valence-electron chi connectivity index (χ4n) is 1.72. The van der Waals surface area contributed by atoms with E-state index in [0.717, 1.165) is 19.0 Å². The van der Waals surface area contributed by atoms with E-state index in [9.17, 15) is 0 Å². The van der Waals surface area contributed by atoms with Gasteiger partial charge in [-0.25, -0.2) is 0 Å². The van der Waals surface area contributed by atoms with Crippen molar-refractivity contribution in [1.29, 1.82) is 0 Å². The largest absolute Gasteiger partial charge is 0.315 e. The lowest BCUT2D eigenvalue weighted by Gasteiger charge is -2.23. The first-order chi connectivity index (χ1) is 6.64. The molecule has 0 spiro atoms. The number of hydrogen-bond acceptors (Lipinski definition) is 2. The highest BCUT2D eigenvalue weighted by Gasteiger charge is 2.16. The Morgan fingerprint density at radius 3 is 2.50 bits per heavy atom. The van der Waals surface area contributed by atoms with Crippen molar-refractivity contribution in [2.24, 2.45) is 5.41 Å². The molecular formula is C11H23ClN2. The van der Waals surface area contributed by atoms with Crippen LogP contribution in [-0.2, 0) is 0 Å². The Balaban J connectivity index is 1.98. The van der Waals surface area contributed by atoms with Crippen LogP contribution in [0, 0.1) is 5.41 Å². The van der Waals surface area contributed by atoms with Crippen LogP contribution in [0.4, 0.5) is 0 Å². The van der Waals surface area contributed by atoms with Gasteiger partial charge in [0, 0.05) is 25.5 Å². The molecule has 3 heteroatoms. The molecule has 1 fully saturated rings. The maximum absolute atomic E-state index is 5.85. The van der Waals surface area contributed by atoms with Crippen LogP contribution in [0.5, 0.6) is 0 Å². The van der Waals surface area contributed by atoms with Crippen LogP contribution in [0.2, 0.25) is 0 Å². The summed E-state index contributed by atoms with van der Waals surface area (Å²) in [5, 5.41) is 3.48. The molecule has 84 valence electrons. The van der Waals surface area contributed by atoms with E-state index in [1.807, 2.05) is 0 Å². The molecule has 1 N–H and O–H groups in total. The molecule has 0 atom stereocenters. The molecule has 1 aliphatic heterocycles. The van der Waals surface area contributed by atoms with Crippen molar-refractivity contribution >= 4 is 11.6 Å². The Kier molecular flexibility index (Phi) is 5.21. The predicted molar refractivity (Wildman–Crippen MR) is 63.0 cm³/mol. The minimum atomic E-state index is 0.229. The standard InChI is InChI=1S/C11H23ClN2/c1-11(2,9-12)10-13-5-8-14-6-3-4-7-14/h13H,3-10H2,1-2H3. The van der Waals surface area contributed by atoms with E-state index < -0.39 is 0 Å². The van der Waals surface area contributed by atoms with Crippen molar-refractivity contribution < 1.29 is 0 Å². The predicted octanol–water partition coefficient (Wildman–Crippen LogP) is 1.94. The third-order valence-electron chi connectivity index (χ3n) is 2.77. The van der Waals surface area contributed by atoms with Crippen molar-refractivity contribution in [2.45, 2.75) is 26.7 Å². The van der Waals surface area contributed by atoms with Gasteiger partial charge in [-0.1, -0.05) is 13.8 Å². The number of likely N-dealkylation sites (tertiary alicyclic amines) is 1. The van der Waals surface area contributed by atoms with Gasteiger partial charge in [0.2, 0.25) is 0 Å². The van der Waals surface area contributed by atoms with E-state index >= 15 is 0 Å². The number of rotatable bonds is 6. The van der Waals surface area contributed by atoms with E-state index in [2.05, 4.69) is 24.1 Å². The average molecular weight is 219 g/mol.